The summed E-state index contributed by atoms with van der Waals surface area (Å²) in [4.78, 5) is 29.6. The highest BCUT2D eigenvalue weighted by Gasteiger charge is 2.42. The number of hydrogen-bond acceptors (Lipinski definition) is 8. The van der Waals surface area contributed by atoms with Crippen molar-refractivity contribution in [3.8, 4) is 0 Å². The largest absolute Gasteiger partial charge is 0.467 e. The van der Waals surface area contributed by atoms with Crippen molar-refractivity contribution >= 4 is 31.9 Å². The predicted octanol–water partition coefficient (Wildman–Crippen LogP) is -0.383. The van der Waals surface area contributed by atoms with Crippen LogP contribution in [-0.2, 0) is 40.8 Å². The van der Waals surface area contributed by atoms with E-state index in [1.165, 1.54) is 25.4 Å². The van der Waals surface area contributed by atoms with Crippen LogP contribution < -0.4 is 5.32 Å². The van der Waals surface area contributed by atoms with Gasteiger partial charge in [0.1, 0.15) is 12.1 Å². The predicted molar refractivity (Wildman–Crippen MR) is 122 cm³/mol. The van der Waals surface area contributed by atoms with Crippen LogP contribution in [0.15, 0.2) is 59.8 Å². The first-order valence-electron chi connectivity index (χ1n) is 10.3. The first kappa shape index (κ1) is 25.7. The Morgan fingerprint density at radius 1 is 1.12 bits per heavy atom. The third-order valence-electron chi connectivity index (χ3n) is 5.37. The van der Waals surface area contributed by atoms with Crippen LogP contribution >= 0.6 is 0 Å². The summed E-state index contributed by atoms with van der Waals surface area (Å²) < 4.78 is 57.7. The highest BCUT2D eigenvalue weighted by molar-refractivity contribution is 7.89. The number of hydrogen-bond donors (Lipinski definition) is 1. The molecular formula is C21H26N4O7S2. The van der Waals surface area contributed by atoms with Crippen molar-refractivity contribution in [3.05, 3.63) is 60.4 Å². The molecule has 2 atom stereocenters. The van der Waals surface area contributed by atoms with Crippen LogP contribution in [0.4, 0.5) is 0 Å². The number of carbonyl (C=O) groups is 2. The number of benzene rings is 1. The molecule has 1 aliphatic heterocycles. The average molecular weight is 511 g/mol. The van der Waals surface area contributed by atoms with E-state index >= 15 is 0 Å². The topological polar surface area (TPSA) is 143 Å². The second-order valence-corrected chi connectivity index (χ2v) is 11.6. The van der Waals surface area contributed by atoms with Crippen molar-refractivity contribution < 1.29 is 31.2 Å². The van der Waals surface area contributed by atoms with Gasteiger partial charge in [0.05, 0.1) is 18.3 Å². The molecule has 11 nitrogen and oxygen atoms in total. The van der Waals surface area contributed by atoms with Crippen molar-refractivity contribution in [2.45, 2.75) is 23.4 Å². The fourth-order valence-electron chi connectivity index (χ4n) is 3.67. The van der Waals surface area contributed by atoms with E-state index in [1.807, 2.05) is 0 Å². The number of ether oxygens (including phenoxy) is 1. The number of nitrogens with one attached hydrogen (secondary N) is 1. The van der Waals surface area contributed by atoms with Gasteiger partial charge < -0.3 is 10.1 Å². The van der Waals surface area contributed by atoms with E-state index in [0.29, 0.717) is 5.56 Å². The lowest BCUT2D eigenvalue weighted by molar-refractivity contribution is -0.145. The van der Waals surface area contributed by atoms with Crippen molar-refractivity contribution in [3.63, 3.8) is 0 Å². The lowest BCUT2D eigenvalue weighted by atomic mass is 10.1. The molecule has 1 aliphatic rings. The second-order valence-electron chi connectivity index (χ2n) is 7.72. The second kappa shape index (κ2) is 10.6. The maximum Gasteiger partial charge on any atom is 0.328 e. The molecule has 0 aliphatic carbocycles. The molecule has 2 aromatic rings. The van der Waals surface area contributed by atoms with Crippen LogP contribution in [0.2, 0.25) is 0 Å². The number of methoxy groups -OCH3 is 1. The molecular weight excluding hydrogens is 484 g/mol. The maximum absolute atomic E-state index is 13.2. The number of piperazine rings is 1. The van der Waals surface area contributed by atoms with E-state index in [9.17, 15) is 26.4 Å². The van der Waals surface area contributed by atoms with Gasteiger partial charge in [-0.15, -0.1) is 0 Å². The Balaban J connectivity index is 1.87. The van der Waals surface area contributed by atoms with Crippen LogP contribution in [0.3, 0.4) is 0 Å². The quantitative estimate of drug-likeness (QED) is 0.474. The zero-order valence-electron chi connectivity index (χ0n) is 18.7. The molecule has 13 heteroatoms. The zero-order chi connectivity index (χ0) is 24.9. The maximum atomic E-state index is 13.2. The molecule has 1 saturated heterocycles. The summed E-state index contributed by atoms with van der Waals surface area (Å²) in [5, 5.41) is 2.53. The number of nitrogens with zero attached hydrogens (tertiary/aromatic N) is 3. The lowest BCUT2D eigenvalue weighted by Crippen LogP contribution is -2.62. The first-order valence-corrected chi connectivity index (χ1v) is 13.6. The average Bonchev–Trinajstić information content (AvgIpc) is 2.83. The summed E-state index contributed by atoms with van der Waals surface area (Å²) in [7, 11) is -6.64. The highest BCUT2D eigenvalue weighted by Crippen LogP contribution is 2.22. The number of amides is 1. The molecule has 184 valence electrons. The van der Waals surface area contributed by atoms with Gasteiger partial charge in [-0.25, -0.2) is 21.6 Å². The van der Waals surface area contributed by atoms with Gasteiger partial charge in [-0.1, -0.05) is 24.3 Å². The number of rotatable bonds is 8. The number of pyridine rings is 1. The van der Waals surface area contributed by atoms with Crippen molar-refractivity contribution in [2.24, 2.45) is 0 Å². The van der Waals surface area contributed by atoms with E-state index in [2.05, 4.69) is 10.3 Å². The minimum Gasteiger partial charge on any atom is -0.467 e. The third-order valence-corrected chi connectivity index (χ3v) is 8.54. The fourth-order valence-corrected chi connectivity index (χ4v) is 6.17. The Hall–Kier alpha value is -2.87. The highest BCUT2D eigenvalue weighted by atomic mass is 32.2. The molecule has 0 saturated carbocycles. The lowest BCUT2D eigenvalue weighted by Gasteiger charge is -2.38. The van der Waals surface area contributed by atoms with Crippen LogP contribution in [-0.4, -0.2) is 87.4 Å². The Labute approximate surface area is 198 Å². The van der Waals surface area contributed by atoms with Gasteiger partial charge in [-0.2, -0.15) is 8.61 Å². The van der Waals surface area contributed by atoms with E-state index in [4.69, 9.17) is 4.74 Å². The zero-order valence-corrected chi connectivity index (χ0v) is 20.3. The molecule has 1 amide bonds. The molecule has 34 heavy (non-hydrogen) atoms. The molecule has 2 heterocycles. The van der Waals surface area contributed by atoms with Crippen LogP contribution in [0.25, 0.3) is 0 Å². The smallest absolute Gasteiger partial charge is 0.328 e. The van der Waals surface area contributed by atoms with Crippen molar-refractivity contribution in [1.29, 1.82) is 0 Å². The molecule has 3 rings (SSSR count). The van der Waals surface area contributed by atoms with Gasteiger partial charge >= 0.3 is 5.97 Å². The minimum absolute atomic E-state index is 0.0333. The van der Waals surface area contributed by atoms with Crippen molar-refractivity contribution in [1.82, 2.24) is 18.9 Å². The van der Waals surface area contributed by atoms with E-state index in [0.717, 1.165) is 14.9 Å². The van der Waals surface area contributed by atoms with Gasteiger partial charge in [0.25, 0.3) is 0 Å². The molecule has 0 radical (unpaired) electrons. The van der Waals surface area contributed by atoms with Crippen LogP contribution in [0.5, 0.6) is 0 Å². The van der Waals surface area contributed by atoms with Gasteiger partial charge in [0, 0.05) is 38.4 Å². The number of aromatic nitrogens is 1. The molecule has 0 bridgehead atoms. The Morgan fingerprint density at radius 2 is 1.82 bits per heavy atom. The monoisotopic (exact) mass is 510 g/mol. The van der Waals surface area contributed by atoms with Crippen LogP contribution in [0, 0.1) is 0 Å². The summed E-state index contributed by atoms with van der Waals surface area (Å²) >= 11 is 0. The van der Waals surface area contributed by atoms with Gasteiger partial charge in [-0.05, 0) is 23.8 Å². The summed E-state index contributed by atoms with van der Waals surface area (Å²) in [5.41, 5.74) is 0.648. The summed E-state index contributed by atoms with van der Waals surface area (Å²) in [5.74, 6) is -1.54. The molecule has 1 aromatic heterocycles. The van der Waals surface area contributed by atoms with Gasteiger partial charge in [0.2, 0.25) is 26.0 Å². The van der Waals surface area contributed by atoms with E-state index in [-0.39, 0.29) is 24.4 Å². The van der Waals surface area contributed by atoms with Gasteiger partial charge in [-0.3, -0.25) is 9.78 Å². The van der Waals surface area contributed by atoms with E-state index in [1.54, 1.807) is 36.5 Å². The number of esters is 1. The third kappa shape index (κ3) is 5.97. The van der Waals surface area contributed by atoms with Gasteiger partial charge in [0.15, 0.2) is 0 Å². The normalized spacial score (nSPS) is 18.7. The summed E-state index contributed by atoms with van der Waals surface area (Å²) in [6.07, 6.45) is 4.09. The number of carbonyl (C=O) groups excluding carboxylic acids is 2. The number of sulfonamides is 2. The summed E-state index contributed by atoms with van der Waals surface area (Å²) in [6, 6.07) is 8.56. The molecule has 1 fully saturated rings. The molecule has 0 unspecified atom stereocenters. The minimum atomic E-state index is -3.96. The standard InChI is InChI=1S/C21H26N4O7S2/c1-32-21(27)18(13-16-7-6-10-22-14-16)23-20(26)19-15-24(11-12-25(19)33(2,28)29)34(30,31)17-8-4-3-5-9-17/h3-10,14,18-19H,11-13,15H2,1-2H3,(H,23,26)/t18-,19-/m1/s1. The fraction of sp³-hybridized carbons (Fsp3) is 0.381. The molecule has 1 N–H and O–H groups in total. The summed E-state index contributed by atoms with van der Waals surface area (Å²) in [6.45, 7) is -0.740. The first-order chi connectivity index (χ1) is 16.0. The Bertz CT molecular complexity index is 1220. The SMILES string of the molecule is COC(=O)[C@@H](Cc1cccnc1)NC(=O)[C@H]1CN(S(=O)(=O)c2ccccc2)CCN1S(C)(=O)=O. The molecule has 1 aromatic carbocycles. The Kier molecular flexibility index (Phi) is 8.02. The Morgan fingerprint density at radius 3 is 2.41 bits per heavy atom. The van der Waals surface area contributed by atoms with Crippen molar-refractivity contribution in [2.75, 3.05) is 33.0 Å². The van der Waals surface area contributed by atoms with Crippen LogP contribution in [0.1, 0.15) is 5.56 Å². The molecule has 0 spiro atoms. The van der Waals surface area contributed by atoms with E-state index < -0.39 is 50.6 Å².